The van der Waals surface area contributed by atoms with Crippen molar-refractivity contribution in [2.45, 2.75) is 101 Å². The van der Waals surface area contributed by atoms with Crippen molar-refractivity contribution in [3.63, 3.8) is 0 Å². The molecule has 0 radical (unpaired) electrons. The van der Waals surface area contributed by atoms with Crippen molar-refractivity contribution < 1.29 is 22.6 Å². The number of sulfonamides is 1. The van der Waals surface area contributed by atoms with Gasteiger partial charge in [0.2, 0.25) is 24.2 Å². The van der Waals surface area contributed by atoms with Gasteiger partial charge in [0, 0.05) is 24.3 Å². The third-order valence-electron chi connectivity index (χ3n) is 6.90. The van der Waals surface area contributed by atoms with Crippen LogP contribution in [0.25, 0.3) is 0 Å². The van der Waals surface area contributed by atoms with Gasteiger partial charge < -0.3 is 9.74 Å². The van der Waals surface area contributed by atoms with Gasteiger partial charge in [0.1, 0.15) is 0 Å². The zero-order valence-corrected chi connectivity index (χ0v) is 22.9. The fourth-order valence-corrected chi connectivity index (χ4v) is 11.9. The molecule has 0 aliphatic heterocycles. The minimum Gasteiger partial charge on any atom is -0.413 e. The first-order valence-corrected chi connectivity index (χ1v) is 15.6. The van der Waals surface area contributed by atoms with E-state index in [0.29, 0.717) is 16.6 Å². The van der Waals surface area contributed by atoms with E-state index in [0.717, 1.165) is 49.9 Å². The molecule has 2 rings (SSSR count). The van der Waals surface area contributed by atoms with Gasteiger partial charge in [0.25, 0.3) is 5.69 Å². The van der Waals surface area contributed by atoms with Gasteiger partial charge in [0.15, 0.2) is 0 Å². The Morgan fingerprint density at radius 3 is 1.97 bits per heavy atom. The van der Waals surface area contributed by atoms with Gasteiger partial charge in [-0.05, 0) is 54.4 Å². The number of carbonyl (C=O) groups excluding carboxylic acids is 1. The standard InChI is InChI=1S/C23H39N3O6SSi/c1-16(2)34(17(3)4,18(5)6)32-21-11-7-19(8-12-21)25-23(27)15-24-33(30,31)22-13-9-20(10-14-22)26(28)29/h9-10,13-14,16-19,21,24H,7-8,11-12,15H2,1-6H3,(H,25,27). The fourth-order valence-electron chi connectivity index (χ4n) is 5.29. The lowest BCUT2D eigenvalue weighted by Gasteiger charge is -2.46. The summed E-state index contributed by atoms with van der Waals surface area (Å²) in [5.41, 5.74) is 1.36. The topological polar surface area (TPSA) is 128 Å². The molecule has 0 aromatic heterocycles. The highest BCUT2D eigenvalue weighted by atomic mass is 32.2. The lowest BCUT2D eigenvalue weighted by molar-refractivity contribution is -0.384. The average Bonchev–Trinajstić information content (AvgIpc) is 2.76. The maximum atomic E-state index is 12.4. The quantitative estimate of drug-likeness (QED) is 0.255. The number of nitro benzene ring substituents is 1. The first-order chi connectivity index (χ1) is 15.8. The summed E-state index contributed by atoms with van der Waals surface area (Å²) < 4.78 is 33.9. The minimum atomic E-state index is -3.94. The number of benzene rings is 1. The van der Waals surface area contributed by atoms with Crippen LogP contribution in [0, 0.1) is 10.1 Å². The third kappa shape index (κ3) is 6.86. The van der Waals surface area contributed by atoms with E-state index in [2.05, 4.69) is 51.6 Å². The Morgan fingerprint density at radius 1 is 1.03 bits per heavy atom. The molecule has 1 aromatic carbocycles. The molecule has 0 atom stereocenters. The second kappa shape index (κ2) is 11.7. The normalized spacial score (nSPS) is 19.6. The van der Waals surface area contributed by atoms with E-state index in [9.17, 15) is 23.3 Å². The summed E-state index contributed by atoms with van der Waals surface area (Å²) in [5, 5.41) is 13.6. The Bertz CT molecular complexity index is 920. The molecule has 1 fully saturated rings. The summed E-state index contributed by atoms with van der Waals surface area (Å²) in [6, 6.07) is 4.52. The Morgan fingerprint density at radius 2 is 1.53 bits per heavy atom. The minimum absolute atomic E-state index is 0.00977. The Kier molecular flexibility index (Phi) is 9.81. The van der Waals surface area contributed by atoms with Crippen molar-refractivity contribution >= 4 is 29.9 Å². The van der Waals surface area contributed by atoms with Crippen LogP contribution in [-0.4, -0.2) is 46.3 Å². The van der Waals surface area contributed by atoms with Crippen molar-refractivity contribution in [1.82, 2.24) is 10.0 Å². The van der Waals surface area contributed by atoms with Crippen LogP contribution >= 0.6 is 0 Å². The number of hydrogen-bond acceptors (Lipinski definition) is 6. The summed E-state index contributed by atoms with van der Waals surface area (Å²) >= 11 is 0. The molecule has 34 heavy (non-hydrogen) atoms. The van der Waals surface area contributed by atoms with Crippen LogP contribution in [0.4, 0.5) is 5.69 Å². The van der Waals surface area contributed by atoms with Gasteiger partial charge >= 0.3 is 0 Å². The molecule has 1 aliphatic rings. The summed E-state index contributed by atoms with van der Waals surface area (Å²) in [6.45, 7) is 13.3. The monoisotopic (exact) mass is 513 g/mol. The molecule has 192 valence electrons. The predicted octanol–water partition coefficient (Wildman–Crippen LogP) is 4.49. The predicted molar refractivity (Wildman–Crippen MR) is 135 cm³/mol. The van der Waals surface area contributed by atoms with Crippen molar-refractivity contribution in [2.24, 2.45) is 0 Å². The first-order valence-electron chi connectivity index (χ1n) is 12.0. The van der Waals surface area contributed by atoms with Gasteiger partial charge in [-0.2, -0.15) is 0 Å². The highest BCUT2D eigenvalue weighted by molar-refractivity contribution is 7.89. The third-order valence-corrected chi connectivity index (χ3v) is 14.5. The Balaban J connectivity index is 1.86. The van der Waals surface area contributed by atoms with E-state index in [1.54, 1.807) is 0 Å². The van der Waals surface area contributed by atoms with E-state index < -0.39 is 29.2 Å². The maximum absolute atomic E-state index is 12.4. The molecule has 0 bridgehead atoms. The number of hydrogen-bond donors (Lipinski definition) is 2. The van der Waals surface area contributed by atoms with Crippen LogP contribution in [0.3, 0.4) is 0 Å². The number of nitro groups is 1. The van der Waals surface area contributed by atoms with Crippen LogP contribution in [0.2, 0.25) is 16.6 Å². The highest BCUT2D eigenvalue weighted by Gasteiger charge is 2.46. The molecule has 0 unspecified atom stereocenters. The summed E-state index contributed by atoms with van der Waals surface area (Å²) in [6.07, 6.45) is 3.54. The second-order valence-corrected chi connectivity index (χ2v) is 17.2. The van der Waals surface area contributed by atoms with E-state index in [-0.39, 0.29) is 29.3 Å². The number of carbonyl (C=O) groups is 1. The molecular weight excluding hydrogens is 474 g/mol. The van der Waals surface area contributed by atoms with Crippen molar-refractivity contribution in [3.05, 3.63) is 34.4 Å². The largest absolute Gasteiger partial charge is 0.413 e. The molecule has 1 saturated carbocycles. The van der Waals surface area contributed by atoms with Crippen LogP contribution < -0.4 is 10.0 Å². The molecule has 0 spiro atoms. The number of nitrogens with one attached hydrogen (secondary N) is 2. The summed E-state index contributed by atoms with van der Waals surface area (Å²) in [7, 11) is -5.89. The van der Waals surface area contributed by atoms with Gasteiger partial charge in [-0.25, -0.2) is 13.1 Å². The highest BCUT2D eigenvalue weighted by Crippen LogP contribution is 2.44. The van der Waals surface area contributed by atoms with E-state index in [1.807, 2.05) is 0 Å². The first kappa shape index (κ1) is 28.4. The Hall–Kier alpha value is -1.82. The van der Waals surface area contributed by atoms with Gasteiger partial charge in [-0.1, -0.05) is 41.5 Å². The van der Waals surface area contributed by atoms with Gasteiger partial charge in [-0.15, -0.1) is 0 Å². The molecule has 1 amide bonds. The van der Waals surface area contributed by atoms with E-state index in [1.165, 1.54) is 0 Å². The van der Waals surface area contributed by atoms with E-state index in [4.69, 9.17) is 4.43 Å². The number of amides is 1. The molecular formula is C23H39N3O6SSi. The van der Waals surface area contributed by atoms with Crippen LogP contribution in [-0.2, 0) is 19.2 Å². The summed E-state index contributed by atoms with van der Waals surface area (Å²) in [5.74, 6) is -0.398. The molecule has 1 aliphatic carbocycles. The van der Waals surface area contributed by atoms with Crippen molar-refractivity contribution in [3.8, 4) is 0 Å². The number of rotatable bonds is 11. The van der Waals surface area contributed by atoms with E-state index >= 15 is 0 Å². The van der Waals surface area contributed by atoms with Crippen molar-refractivity contribution in [1.29, 1.82) is 0 Å². The number of nitrogens with zero attached hydrogens (tertiary/aromatic N) is 1. The molecule has 0 saturated heterocycles. The molecule has 1 aromatic rings. The van der Waals surface area contributed by atoms with Crippen molar-refractivity contribution in [2.75, 3.05) is 6.54 Å². The maximum Gasteiger partial charge on any atom is 0.269 e. The van der Waals surface area contributed by atoms with Crippen LogP contribution in [0.1, 0.15) is 67.2 Å². The SMILES string of the molecule is CC(C)[Si](OC1CCC(NC(=O)CNS(=O)(=O)c2ccc([N+](=O)[O-])cc2)CC1)(C(C)C)C(C)C. The molecule has 9 nitrogen and oxygen atoms in total. The number of non-ortho nitro benzene ring substituents is 1. The van der Waals surface area contributed by atoms with Gasteiger partial charge in [-0.3, -0.25) is 14.9 Å². The second-order valence-electron chi connectivity index (χ2n) is 10.1. The fraction of sp³-hybridized carbons (Fsp3) is 0.696. The zero-order chi connectivity index (χ0) is 25.7. The zero-order valence-electron chi connectivity index (χ0n) is 21.0. The molecule has 2 N–H and O–H groups in total. The van der Waals surface area contributed by atoms with Crippen LogP contribution in [0.15, 0.2) is 29.2 Å². The van der Waals surface area contributed by atoms with Gasteiger partial charge in [0.05, 0.1) is 16.4 Å². The van der Waals surface area contributed by atoms with Crippen LogP contribution in [0.5, 0.6) is 0 Å². The molecule has 0 heterocycles. The average molecular weight is 514 g/mol. The Labute approximate surface area is 204 Å². The smallest absolute Gasteiger partial charge is 0.269 e. The summed E-state index contributed by atoms with van der Waals surface area (Å²) in [4.78, 5) is 22.4. The lowest BCUT2D eigenvalue weighted by Crippen LogP contribution is -2.51. The molecule has 11 heteroatoms. The lowest BCUT2D eigenvalue weighted by atomic mass is 9.93.